The second-order valence-electron chi connectivity index (χ2n) is 8.05. The van der Waals surface area contributed by atoms with E-state index in [1.807, 2.05) is 17.0 Å². The third-order valence-electron chi connectivity index (χ3n) is 5.77. The summed E-state index contributed by atoms with van der Waals surface area (Å²) in [5, 5.41) is 6.79. The Morgan fingerprint density at radius 3 is 2.56 bits per heavy atom. The van der Waals surface area contributed by atoms with Crippen molar-refractivity contribution in [2.24, 2.45) is 4.99 Å². The maximum Gasteiger partial charge on any atom is 0.222 e. The molecule has 1 heterocycles. The number of carbonyl (C=O) groups is 1. The first-order valence-electron chi connectivity index (χ1n) is 11.0. The Morgan fingerprint density at radius 1 is 1.16 bits per heavy atom. The van der Waals surface area contributed by atoms with E-state index in [1.54, 1.807) is 14.2 Å². The molecule has 1 fully saturated rings. The van der Waals surface area contributed by atoms with Gasteiger partial charge in [0.1, 0.15) is 5.75 Å². The molecule has 0 radical (unpaired) electrons. The van der Waals surface area contributed by atoms with Gasteiger partial charge in [-0.25, -0.2) is 0 Å². The Bertz CT molecular complexity index is 886. The van der Waals surface area contributed by atoms with Crippen molar-refractivity contribution in [3.8, 4) is 5.75 Å². The molecule has 1 aliphatic rings. The summed E-state index contributed by atoms with van der Waals surface area (Å²) in [6, 6.07) is 16.7. The predicted molar refractivity (Wildman–Crippen MR) is 141 cm³/mol. The molecule has 2 N–H and O–H groups in total. The van der Waals surface area contributed by atoms with Crippen LogP contribution in [0.15, 0.2) is 53.5 Å². The molecule has 7 heteroatoms. The zero-order valence-corrected chi connectivity index (χ0v) is 21.6. The fourth-order valence-corrected chi connectivity index (χ4v) is 3.84. The van der Waals surface area contributed by atoms with E-state index in [0.717, 1.165) is 37.6 Å². The van der Waals surface area contributed by atoms with Crippen LogP contribution in [-0.2, 0) is 17.9 Å². The Kier molecular flexibility index (Phi) is 10.8. The van der Waals surface area contributed by atoms with Gasteiger partial charge >= 0.3 is 0 Å². The molecule has 0 saturated carbocycles. The van der Waals surface area contributed by atoms with Gasteiger partial charge in [0.15, 0.2) is 5.96 Å². The highest BCUT2D eigenvalue weighted by Gasteiger charge is 2.19. The van der Waals surface area contributed by atoms with Crippen LogP contribution < -0.4 is 15.4 Å². The van der Waals surface area contributed by atoms with Gasteiger partial charge in [0.2, 0.25) is 5.91 Å². The SMILES string of the molecule is CN=C(NCCC(C)c1ccc(OC)cc1)NCc1cccc(CN2CCCC2=O)c1.I. The van der Waals surface area contributed by atoms with Crippen LogP contribution in [0.3, 0.4) is 0 Å². The number of rotatable bonds is 9. The van der Waals surface area contributed by atoms with Crippen LogP contribution in [0, 0.1) is 0 Å². The molecule has 0 aromatic heterocycles. The molecule has 1 aliphatic heterocycles. The van der Waals surface area contributed by atoms with E-state index in [1.165, 1.54) is 16.7 Å². The Labute approximate surface area is 208 Å². The highest BCUT2D eigenvalue weighted by molar-refractivity contribution is 14.0. The Balaban J connectivity index is 0.00000363. The molecule has 0 aliphatic carbocycles. The van der Waals surface area contributed by atoms with Crippen LogP contribution >= 0.6 is 24.0 Å². The van der Waals surface area contributed by atoms with E-state index in [4.69, 9.17) is 4.74 Å². The molecule has 1 atom stereocenters. The molecule has 0 spiro atoms. The number of aliphatic imine (C=N–C) groups is 1. The minimum absolute atomic E-state index is 0. The first-order valence-corrected chi connectivity index (χ1v) is 11.0. The summed E-state index contributed by atoms with van der Waals surface area (Å²) in [6.45, 7) is 5.32. The fraction of sp³-hybridized carbons (Fsp3) is 0.440. The molecule has 1 saturated heterocycles. The summed E-state index contributed by atoms with van der Waals surface area (Å²) >= 11 is 0. The molecule has 1 unspecified atom stereocenters. The van der Waals surface area contributed by atoms with Crippen molar-refractivity contribution in [1.82, 2.24) is 15.5 Å². The van der Waals surface area contributed by atoms with Gasteiger partial charge in [0.25, 0.3) is 0 Å². The quantitative estimate of drug-likeness (QED) is 0.278. The monoisotopic (exact) mass is 550 g/mol. The maximum atomic E-state index is 11.9. The van der Waals surface area contributed by atoms with Gasteiger partial charge in [-0.3, -0.25) is 9.79 Å². The number of nitrogens with one attached hydrogen (secondary N) is 2. The maximum absolute atomic E-state index is 11.9. The topological polar surface area (TPSA) is 66.0 Å². The lowest BCUT2D eigenvalue weighted by atomic mass is 9.98. The smallest absolute Gasteiger partial charge is 0.222 e. The van der Waals surface area contributed by atoms with Gasteiger partial charge in [-0.15, -0.1) is 24.0 Å². The lowest BCUT2D eigenvalue weighted by Gasteiger charge is -2.17. The lowest BCUT2D eigenvalue weighted by molar-refractivity contribution is -0.128. The molecular weight excluding hydrogens is 515 g/mol. The molecule has 2 aromatic rings. The normalized spacial score (nSPS) is 14.7. The molecule has 32 heavy (non-hydrogen) atoms. The van der Waals surface area contributed by atoms with Crippen LogP contribution in [0.2, 0.25) is 0 Å². The number of methoxy groups -OCH3 is 1. The lowest BCUT2D eigenvalue weighted by Crippen LogP contribution is -2.37. The predicted octanol–water partition coefficient (Wildman–Crippen LogP) is 4.29. The molecule has 3 rings (SSSR count). The Morgan fingerprint density at radius 2 is 1.91 bits per heavy atom. The first kappa shape index (κ1) is 26.0. The molecule has 174 valence electrons. The molecule has 2 aromatic carbocycles. The van der Waals surface area contributed by atoms with Crippen molar-refractivity contribution >= 4 is 35.8 Å². The highest BCUT2D eigenvalue weighted by Crippen LogP contribution is 2.21. The van der Waals surface area contributed by atoms with E-state index < -0.39 is 0 Å². The second kappa shape index (κ2) is 13.3. The average Bonchev–Trinajstić information content (AvgIpc) is 3.20. The van der Waals surface area contributed by atoms with Crippen molar-refractivity contribution in [2.75, 3.05) is 27.2 Å². The Hall–Kier alpha value is -2.29. The van der Waals surface area contributed by atoms with Gasteiger partial charge < -0.3 is 20.3 Å². The van der Waals surface area contributed by atoms with Crippen molar-refractivity contribution in [1.29, 1.82) is 0 Å². The third-order valence-corrected chi connectivity index (χ3v) is 5.77. The van der Waals surface area contributed by atoms with E-state index in [-0.39, 0.29) is 29.9 Å². The molecule has 0 bridgehead atoms. The van der Waals surface area contributed by atoms with Gasteiger partial charge in [0.05, 0.1) is 7.11 Å². The van der Waals surface area contributed by atoms with Gasteiger partial charge in [-0.1, -0.05) is 43.3 Å². The van der Waals surface area contributed by atoms with Crippen LogP contribution in [0.5, 0.6) is 5.75 Å². The summed E-state index contributed by atoms with van der Waals surface area (Å²) in [6.07, 6.45) is 2.66. The van der Waals surface area contributed by atoms with E-state index in [0.29, 0.717) is 25.4 Å². The van der Waals surface area contributed by atoms with Crippen molar-refractivity contribution in [3.63, 3.8) is 0 Å². The van der Waals surface area contributed by atoms with Crippen LogP contribution in [-0.4, -0.2) is 44.0 Å². The van der Waals surface area contributed by atoms with E-state index in [2.05, 4.69) is 58.9 Å². The van der Waals surface area contributed by atoms with E-state index in [9.17, 15) is 4.79 Å². The summed E-state index contributed by atoms with van der Waals surface area (Å²) in [5.74, 6) is 2.38. The summed E-state index contributed by atoms with van der Waals surface area (Å²) in [7, 11) is 3.48. The number of nitrogens with zero attached hydrogens (tertiary/aromatic N) is 2. The number of guanidine groups is 1. The molecule has 6 nitrogen and oxygen atoms in total. The van der Waals surface area contributed by atoms with Crippen molar-refractivity contribution in [3.05, 3.63) is 65.2 Å². The number of halogens is 1. The highest BCUT2D eigenvalue weighted by atomic mass is 127. The first-order chi connectivity index (χ1) is 15.1. The van der Waals surface area contributed by atoms with Crippen LogP contribution in [0.4, 0.5) is 0 Å². The molecular formula is C25H35IN4O2. The summed E-state index contributed by atoms with van der Waals surface area (Å²) < 4.78 is 5.23. The largest absolute Gasteiger partial charge is 0.497 e. The zero-order valence-electron chi connectivity index (χ0n) is 19.3. The van der Waals surface area contributed by atoms with Crippen molar-refractivity contribution < 1.29 is 9.53 Å². The molecule has 1 amide bonds. The van der Waals surface area contributed by atoms with Crippen LogP contribution in [0.25, 0.3) is 0 Å². The minimum Gasteiger partial charge on any atom is -0.497 e. The summed E-state index contributed by atoms with van der Waals surface area (Å²) in [5.41, 5.74) is 3.66. The summed E-state index contributed by atoms with van der Waals surface area (Å²) in [4.78, 5) is 18.1. The van der Waals surface area contributed by atoms with Crippen LogP contribution in [0.1, 0.15) is 48.8 Å². The number of likely N-dealkylation sites (tertiary alicyclic amines) is 1. The minimum atomic E-state index is 0. The second-order valence-corrected chi connectivity index (χ2v) is 8.05. The number of carbonyl (C=O) groups excluding carboxylic acids is 1. The number of benzene rings is 2. The van der Waals surface area contributed by atoms with E-state index >= 15 is 0 Å². The number of ether oxygens (including phenoxy) is 1. The number of hydrogen-bond acceptors (Lipinski definition) is 3. The van der Waals surface area contributed by atoms with Crippen molar-refractivity contribution in [2.45, 2.75) is 45.2 Å². The third kappa shape index (κ3) is 7.69. The van der Waals surface area contributed by atoms with Gasteiger partial charge in [-0.05, 0) is 47.6 Å². The fourth-order valence-electron chi connectivity index (χ4n) is 3.84. The zero-order chi connectivity index (χ0) is 22.1. The van der Waals surface area contributed by atoms with Gasteiger partial charge in [-0.2, -0.15) is 0 Å². The van der Waals surface area contributed by atoms with Gasteiger partial charge in [0, 0.05) is 39.6 Å². The number of amides is 1. The average molecular weight is 550 g/mol. The standard InChI is InChI=1S/C25H34N4O2.HI/c1-19(22-9-11-23(31-3)12-10-22)13-14-27-25(26-2)28-17-20-6-4-7-21(16-20)18-29-15-5-8-24(29)30;/h4,6-7,9-12,16,19H,5,8,13-15,17-18H2,1-3H3,(H2,26,27,28);1H. The number of hydrogen-bond donors (Lipinski definition) is 2.